The van der Waals surface area contributed by atoms with Crippen LogP contribution >= 0.6 is 15.9 Å². The maximum Gasteiger partial charge on any atom is 0.284 e. The number of hydrogen-bond donors (Lipinski definition) is 0. The van der Waals surface area contributed by atoms with Crippen LogP contribution in [-0.4, -0.2) is 21.7 Å². The maximum atomic E-state index is 13.2. The number of nitro groups is 2. The molecule has 0 atom stereocenters. The van der Waals surface area contributed by atoms with Crippen LogP contribution in [0.15, 0.2) is 46.9 Å². The van der Waals surface area contributed by atoms with Gasteiger partial charge in [-0.15, -0.1) is 0 Å². The number of rotatable bonds is 3. The molecule has 1 aliphatic rings. The number of imide groups is 1. The molecule has 0 saturated carbocycles. The first-order chi connectivity index (χ1) is 13.7. The Hall–Kier alpha value is -3.66. The third-order valence-corrected chi connectivity index (χ3v) is 5.61. The summed E-state index contributed by atoms with van der Waals surface area (Å²) in [6.07, 6.45) is 0. The number of non-ortho nitro benzene ring substituents is 1. The smallest absolute Gasteiger partial charge is 0.268 e. The second-order valence-electron chi connectivity index (χ2n) is 6.42. The second-order valence-corrected chi connectivity index (χ2v) is 7.21. The minimum atomic E-state index is -0.730. The topological polar surface area (TPSA) is 124 Å². The molecular weight excluding hydrogens is 446 g/mol. The highest BCUT2D eigenvalue weighted by Gasteiger charge is 2.37. The van der Waals surface area contributed by atoms with Gasteiger partial charge in [0.2, 0.25) is 0 Å². The quantitative estimate of drug-likeness (QED) is 0.324. The number of nitro benzene ring substituents is 2. The summed E-state index contributed by atoms with van der Waals surface area (Å²) in [7, 11) is 0. The SMILES string of the molecule is Cc1cc([N+](=O)[O-])ccc1N1C(=O)c2cccc3c(Br)c([N+](=O)[O-])cc(c23)C1=O. The molecule has 0 N–H and O–H groups in total. The normalized spacial score (nSPS) is 13.1. The summed E-state index contributed by atoms with van der Waals surface area (Å²) in [5.74, 6) is -1.34. The lowest BCUT2D eigenvalue weighted by Crippen LogP contribution is -2.41. The number of halogens is 1. The van der Waals surface area contributed by atoms with Crippen LogP contribution in [-0.2, 0) is 0 Å². The van der Waals surface area contributed by atoms with E-state index in [-0.39, 0.29) is 32.7 Å². The van der Waals surface area contributed by atoms with Gasteiger partial charge in [0.15, 0.2) is 0 Å². The van der Waals surface area contributed by atoms with Crippen molar-refractivity contribution in [2.45, 2.75) is 6.92 Å². The van der Waals surface area contributed by atoms with E-state index in [0.717, 1.165) is 11.0 Å². The van der Waals surface area contributed by atoms with Gasteiger partial charge < -0.3 is 0 Å². The molecule has 1 heterocycles. The molecule has 0 radical (unpaired) electrons. The van der Waals surface area contributed by atoms with Crippen molar-refractivity contribution in [2.24, 2.45) is 0 Å². The third-order valence-electron chi connectivity index (χ3n) is 4.77. The van der Waals surface area contributed by atoms with Crippen LogP contribution in [0.5, 0.6) is 0 Å². The van der Waals surface area contributed by atoms with E-state index >= 15 is 0 Å². The van der Waals surface area contributed by atoms with Gasteiger partial charge >= 0.3 is 0 Å². The minimum absolute atomic E-state index is 0.0165. The van der Waals surface area contributed by atoms with Crippen LogP contribution in [0.2, 0.25) is 0 Å². The van der Waals surface area contributed by atoms with E-state index in [0.29, 0.717) is 16.3 Å². The fourth-order valence-electron chi connectivity index (χ4n) is 3.47. The van der Waals surface area contributed by atoms with Crippen molar-refractivity contribution in [3.8, 4) is 0 Å². The highest BCUT2D eigenvalue weighted by Crippen LogP contribution is 2.41. The molecule has 2 amide bonds. The molecular formula is C19H10BrN3O6. The predicted molar refractivity (Wildman–Crippen MR) is 107 cm³/mol. The van der Waals surface area contributed by atoms with Crippen LogP contribution < -0.4 is 4.90 Å². The standard InChI is InChI=1S/C19H10BrN3O6/c1-9-7-10(22(26)27)5-6-14(9)21-18(24)12-4-2-3-11-16(12)13(19(21)25)8-15(17(11)20)23(28)29/h2-8H,1H3. The first-order valence-corrected chi connectivity index (χ1v) is 9.05. The molecule has 4 rings (SSSR count). The fraction of sp³-hybridized carbons (Fsp3) is 0.0526. The molecule has 9 nitrogen and oxygen atoms in total. The van der Waals surface area contributed by atoms with Gasteiger partial charge in [-0.3, -0.25) is 29.8 Å². The summed E-state index contributed by atoms with van der Waals surface area (Å²) >= 11 is 3.20. The van der Waals surface area contributed by atoms with E-state index in [1.165, 1.54) is 24.3 Å². The van der Waals surface area contributed by atoms with Gasteiger partial charge in [-0.25, -0.2) is 4.90 Å². The molecule has 10 heteroatoms. The van der Waals surface area contributed by atoms with Gasteiger partial charge in [-0.1, -0.05) is 12.1 Å². The van der Waals surface area contributed by atoms with Gasteiger partial charge in [-0.2, -0.15) is 0 Å². The number of benzene rings is 3. The Bertz CT molecular complexity index is 1290. The zero-order valence-corrected chi connectivity index (χ0v) is 16.3. The van der Waals surface area contributed by atoms with Crippen molar-refractivity contribution < 1.29 is 19.4 Å². The summed E-state index contributed by atoms with van der Waals surface area (Å²) in [5.41, 5.74) is 0.285. The number of nitrogens with zero attached hydrogens (tertiary/aromatic N) is 3. The van der Waals surface area contributed by atoms with Gasteiger partial charge in [-0.05, 0) is 40.5 Å². The zero-order valence-electron chi connectivity index (χ0n) is 14.7. The molecule has 3 aromatic rings. The number of amides is 2. The Morgan fingerprint density at radius 3 is 2.24 bits per heavy atom. The van der Waals surface area contributed by atoms with E-state index in [1.807, 2.05) is 0 Å². The molecule has 0 spiro atoms. The summed E-state index contributed by atoms with van der Waals surface area (Å²) in [4.78, 5) is 48.5. The van der Waals surface area contributed by atoms with Crippen molar-refractivity contribution in [3.63, 3.8) is 0 Å². The first-order valence-electron chi connectivity index (χ1n) is 8.25. The zero-order chi connectivity index (χ0) is 21.0. The molecule has 0 aromatic heterocycles. The van der Waals surface area contributed by atoms with E-state index in [1.54, 1.807) is 19.1 Å². The summed E-state index contributed by atoms with van der Waals surface area (Å²) < 4.78 is 0.184. The van der Waals surface area contributed by atoms with Gasteiger partial charge in [0.25, 0.3) is 23.2 Å². The lowest BCUT2D eigenvalue weighted by Gasteiger charge is -2.28. The average molecular weight is 456 g/mol. The molecule has 3 aromatic carbocycles. The van der Waals surface area contributed by atoms with Crippen molar-refractivity contribution in [1.29, 1.82) is 0 Å². The molecule has 0 saturated heterocycles. The van der Waals surface area contributed by atoms with Crippen LogP contribution in [0.3, 0.4) is 0 Å². The molecule has 0 aliphatic carbocycles. The second kappa shape index (κ2) is 6.45. The Kier molecular flexibility index (Phi) is 4.16. The molecule has 144 valence electrons. The lowest BCUT2D eigenvalue weighted by molar-refractivity contribution is -0.385. The van der Waals surface area contributed by atoms with Crippen molar-refractivity contribution in [3.05, 3.63) is 83.9 Å². The van der Waals surface area contributed by atoms with Crippen molar-refractivity contribution in [2.75, 3.05) is 4.90 Å². The van der Waals surface area contributed by atoms with Crippen molar-refractivity contribution >= 4 is 55.6 Å². The minimum Gasteiger partial charge on any atom is -0.268 e. The highest BCUT2D eigenvalue weighted by molar-refractivity contribution is 9.10. The predicted octanol–water partition coefficient (Wildman–Crippen LogP) is 4.53. The number of anilines is 1. The average Bonchev–Trinajstić information content (AvgIpc) is 2.67. The molecule has 29 heavy (non-hydrogen) atoms. The molecule has 0 fully saturated rings. The number of hydrogen-bond acceptors (Lipinski definition) is 6. The Morgan fingerprint density at radius 2 is 1.62 bits per heavy atom. The first kappa shape index (κ1) is 18.7. The van der Waals surface area contributed by atoms with Gasteiger partial charge in [0, 0.05) is 34.5 Å². The van der Waals surface area contributed by atoms with Gasteiger partial charge in [0.1, 0.15) is 4.47 Å². The largest absolute Gasteiger partial charge is 0.284 e. The van der Waals surface area contributed by atoms with Crippen LogP contribution in [0, 0.1) is 27.2 Å². The van der Waals surface area contributed by atoms with Crippen LogP contribution in [0.25, 0.3) is 10.8 Å². The van der Waals surface area contributed by atoms with E-state index in [4.69, 9.17) is 0 Å². The van der Waals surface area contributed by atoms with Crippen LogP contribution in [0.4, 0.5) is 17.1 Å². The summed E-state index contributed by atoms with van der Waals surface area (Å²) in [6, 6.07) is 9.61. The molecule has 0 unspecified atom stereocenters. The maximum absolute atomic E-state index is 13.2. The van der Waals surface area contributed by atoms with E-state index in [2.05, 4.69) is 15.9 Å². The van der Waals surface area contributed by atoms with Crippen molar-refractivity contribution in [1.82, 2.24) is 0 Å². The third kappa shape index (κ3) is 2.68. The fourth-order valence-corrected chi connectivity index (χ4v) is 4.06. The molecule has 1 aliphatic heterocycles. The Labute approximate surface area is 171 Å². The number of carbonyl (C=O) groups excluding carboxylic acids is 2. The monoisotopic (exact) mass is 455 g/mol. The molecule has 0 bridgehead atoms. The van der Waals surface area contributed by atoms with E-state index < -0.39 is 21.7 Å². The highest BCUT2D eigenvalue weighted by atomic mass is 79.9. The number of carbonyl (C=O) groups is 2. The van der Waals surface area contributed by atoms with Crippen LogP contribution in [0.1, 0.15) is 26.3 Å². The summed E-state index contributed by atoms with van der Waals surface area (Å²) in [6.45, 7) is 1.54. The Balaban J connectivity index is 1.99. The van der Waals surface area contributed by atoms with E-state index in [9.17, 15) is 29.8 Å². The Morgan fingerprint density at radius 1 is 0.931 bits per heavy atom. The van der Waals surface area contributed by atoms with Gasteiger partial charge in [0.05, 0.1) is 21.1 Å². The lowest BCUT2D eigenvalue weighted by atomic mass is 9.92. The summed E-state index contributed by atoms with van der Waals surface area (Å²) in [5, 5.41) is 23.1. The number of aryl methyl sites for hydroxylation is 1.